The predicted molar refractivity (Wildman–Crippen MR) is 115 cm³/mol. The molecule has 2 aromatic rings. The summed E-state index contributed by atoms with van der Waals surface area (Å²) in [7, 11) is 0. The van der Waals surface area contributed by atoms with Crippen molar-refractivity contribution in [1.29, 1.82) is 0 Å². The molecule has 1 unspecified atom stereocenters. The van der Waals surface area contributed by atoms with Gasteiger partial charge in [0, 0.05) is 12.1 Å². The van der Waals surface area contributed by atoms with Gasteiger partial charge in [-0.05, 0) is 30.2 Å². The molecule has 0 N–H and O–H groups in total. The fourth-order valence-corrected chi connectivity index (χ4v) is 4.60. The van der Waals surface area contributed by atoms with Crippen LogP contribution >= 0.6 is 0 Å². The summed E-state index contributed by atoms with van der Waals surface area (Å²) >= 11 is 0. The fraction of sp³-hybridized carbons (Fsp3) is 0.538. The van der Waals surface area contributed by atoms with E-state index in [1.807, 2.05) is 30.3 Å². The zero-order chi connectivity index (χ0) is 21.3. The Morgan fingerprint density at radius 1 is 0.867 bits per heavy atom. The van der Waals surface area contributed by atoms with E-state index in [0.29, 0.717) is 5.92 Å². The summed E-state index contributed by atoms with van der Waals surface area (Å²) in [5.41, 5.74) is 0.968. The molecule has 0 bridgehead atoms. The smallest absolute Gasteiger partial charge is 0.194 e. The Kier molecular flexibility index (Phi) is 8.65. The Bertz CT molecular complexity index is 746. The van der Waals surface area contributed by atoms with Gasteiger partial charge in [-0.15, -0.1) is 0 Å². The molecule has 1 aliphatic carbocycles. The molecule has 0 spiro atoms. The Morgan fingerprint density at radius 3 is 2.07 bits per heavy atom. The van der Waals surface area contributed by atoms with Gasteiger partial charge in [0.1, 0.15) is 11.9 Å². The predicted octanol–water partition coefficient (Wildman–Crippen LogP) is 8.39. The minimum Gasteiger partial charge on any atom is -0.486 e. The van der Waals surface area contributed by atoms with Crippen molar-refractivity contribution in [3.63, 3.8) is 0 Å². The normalized spacial score (nSPS) is 20.1. The van der Waals surface area contributed by atoms with E-state index in [4.69, 9.17) is 4.74 Å². The molecule has 3 rings (SSSR count). The van der Waals surface area contributed by atoms with E-state index >= 15 is 0 Å². The molecule has 1 aliphatic rings. The number of rotatable bonds is 10. The average molecular weight is 419 g/mol. The van der Waals surface area contributed by atoms with Gasteiger partial charge in [-0.2, -0.15) is 0 Å². The first kappa shape index (κ1) is 22.7. The highest BCUT2D eigenvalue weighted by Gasteiger charge is 2.23. The van der Waals surface area contributed by atoms with E-state index in [0.717, 1.165) is 36.5 Å². The van der Waals surface area contributed by atoms with Gasteiger partial charge in [0.25, 0.3) is 0 Å². The first-order valence-electron chi connectivity index (χ1n) is 11.4. The minimum atomic E-state index is -1.46. The van der Waals surface area contributed by atoms with Gasteiger partial charge in [0.15, 0.2) is 17.5 Å². The van der Waals surface area contributed by atoms with E-state index in [2.05, 4.69) is 6.92 Å². The van der Waals surface area contributed by atoms with Crippen molar-refractivity contribution in [2.45, 2.75) is 77.2 Å². The maximum absolute atomic E-state index is 13.6. The van der Waals surface area contributed by atoms with Crippen molar-refractivity contribution < 1.29 is 17.9 Å². The van der Waals surface area contributed by atoms with Crippen LogP contribution in [0.15, 0.2) is 42.5 Å². The maximum Gasteiger partial charge on any atom is 0.194 e. The van der Waals surface area contributed by atoms with Gasteiger partial charge in [0.2, 0.25) is 0 Å². The lowest BCUT2D eigenvalue weighted by molar-refractivity contribution is 0.166. The molecule has 0 radical (unpaired) electrons. The zero-order valence-electron chi connectivity index (χ0n) is 17.9. The van der Waals surface area contributed by atoms with Crippen LogP contribution in [-0.2, 0) is 0 Å². The van der Waals surface area contributed by atoms with E-state index in [1.165, 1.54) is 51.4 Å². The molecule has 164 valence electrons. The monoisotopic (exact) mass is 418 g/mol. The van der Waals surface area contributed by atoms with Crippen LogP contribution in [0.5, 0.6) is 5.75 Å². The van der Waals surface area contributed by atoms with Gasteiger partial charge >= 0.3 is 0 Å². The SMILES string of the molecule is CCCCCC1CCC(CCC(Oc2cc(F)c(F)c(F)c2)c2ccccc2)CC1. The lowest BCUT2D eigenvalue weighted by Gasteiger charge is -2.30. The molecular formula is C26H33F3O. The third-order valence-corrected chi connectivity index (χ3v) is 6.43. The molecule has 4 heteroatoms. The molecule has 1 fully saturated rings. The number of halogens is 3. The highest BCUT2D eigenvalue weighted by atomic mass is 19.2. The van der Waals surface area contributed by atoms with E-state index in [9.17, 15) is 13.2 Å². The summed E-state index contributed by atoms with van der Waals surface area (Å²) in [5, 5.41) is 0. The minimum absolute atomic E-state index is 0.0277. The van der Waals surface area contributed by atoms with Gasteiger partial charge in [-0.3, -0.25) is 0 Å². The van der Waals surface area contributed by atoms with Crippen LogP contribution in [0.4, 0.5) is 13.2 Å². The maximum atomic E-state index is 13.6. The van der Waals surface area contributed by atoms with E-state index < -0.39 is 17.5 Å². The standard InChI is InChI=1S/C26H33F3O/c1-2-3-5-8-19-11-13-20(14-12-19)15-16-25(21-9-6-4-7-10-21)30-22-17-23(27)26(29)24(28)18-22/h4,6-7,9-10,17-20,25H,2-3,5,8,11-16H2,1H3. The Hall–Kier alpha value is -1.97. The van der Waals surface area contributed by atoms with Gasteiger partial charge in [-0.1, -0.05) is 88.6 Å². The van der Waals surface area contributed by atoms with E-state index in [-0.39, 0.29) is 11.9 Å². The van der Waals surface area contributed by atoms with Gasteiger partial charge in [-0.25, -0.2) is 13.2 Å². The van der Waals surface area contributed by atoms with E-state index in [1.54, 1.807) is 0 Å². The number of benzene rings is 2. The van der Waals surface area contributed by atoms with Gasteiger partial charge < -0.3 is 4.74 Å². The molecular weight excluding hydrogens is 385 g/mol. The molecule has 0 amide bonds. The highest BCUT2D eigenvalue weighted by molar-refractivity contribution is 5.27. The molecule has 2 aromatic carbocycles. The van der Waals surface area contributed by atoms with Crippen LogP contribution in [0.2, 0.25) is 0 Å². The third kappa shape index (κ3) is 6.52. The third-order valence-electron chi connectivity index (χ3n) is 6.43. The highest BCUT2D eigenvalue weighted by Crippen LogP contribution is 2.37. The summed E-state index contributed by atoms with van der Waals surface area (Å²) in [5.74, 6) is -2.34. The van der Waals surface area contributed by atoms with Gasteiger partial charge in [0.05, 0.1) is 0 Å². The summed E-state index contributed by atoms with van der Waals surface area (Å²) in [6, 6.07) is 11.6. The largest absolute Gasteiger partial charge is 0.486 e. The molecule has 0 aromatic heterocycles. The second kappa shape index (κ2) is 11.4. The molecule has 1 nitrogen and oxygen atoms in total. The van der Waals surface area contributed by atoms with Crippen molar-refractivity contribution in [1.82, 2.24) is 0 Å². The lowest BCUT2D eigenvalue weighted by atomic mass is 9.77. The molecule has 1 atom stereocenters. The van der Waals surface area contributed by atoms with Crippen LogP contribution in [0.3, 0.4) is 0 Å². The molecule has 1 saturated carbocycles. The molecule has 0 saturated heterocycles. The molecule has 0 heterocycles. The lowest BCUT2D eigenvalue weighted by Crippen LogP contribution is -2.17. The number of hydrogen-bond donors (Lipinski definition) is 0. The zero-order valence-corrected chi connectivity index (χ0v) is 17.9. The van der Waals surface area contributed by atoms with Crippen LogP contribution in [0.1, 0.15) is 82.8 Å². The summed E-state index contributed by atoms with van der Waals surface area (Å²) < 4.78 is 46.5. The first-order valence-corrected chi connectivity index (χ1v) is 11.4. The summed E-state index contributed by atoms with van der Waals surface area (Å²) in [6.07, 6.45) is 11.9. The average Bonchev–Trinajstić information content (AvgIpc) is 2.76. The van der Waals surface area contributed by atoms with Crippen molar-refractivity contribution in [3.8, 4) is 5.75 Å². The second-order valence-electron chi connectivity index (χ2n) is 8.68. The van der Waals surface area contributed by atoms with Crippen molar-refractivity contribution >= 4 is 0 Å². The van der Waals surface area contributed by atoms with Crippen LogP contribution in [0.25, 0.3) is 0 Å². The Morgan fingerprint density at radius 2 is 1.47 bits per heavy atom. The van der Waals surface area contributed by atoms with Crippen molar-refractivity contribution in [3.05, 3.63) is 65.5 Å². The Labute approximate surface area is 178 Å². The fourth-order valence-electron chi connectivity index (χ4n) is 4.60. The van der Waals surface area contributed by atoms with Crippen LogP contribution in [0, 0.1) is 29.3 Å². The van der Waals surface area contributed by atoms with Crippen molar-refractivity contribution in [2.24, 2.45) is 11.8 Å². The number of ether oxygens (including phenoxy) is 1. The molecule has 30 heavy (non-hydrogen) atoms. The summed E-state index contributed by atoms with van der Waals surface area (Å²) in [6.45, 7) is 2.25. The molecule has 0 aliphatic heterocycles. The van der Waals surface area contributed by atoms with Crippen LogP contribution in [-0.4, -0.2) is 0 Å². The Balaban J connectivity index is 1.58. The van der Waals surface area contributed by atoms with Crippen LogP contribution < -0.4 is 4.74 Å². The first-order chi connectivity index (χ1) is 14.6. The number of unbranched alkanes of at least 4 members (excludes halogenated alkanes) is 2. The second-order valence-corrected chi connectivity index (χ2v) is 8.68. The summed E-state index contributed by atoms with van der Waals surface area (Å²) in [4.78, 5) is 0. The van der Waals surface area contributed by atoms with Crippen molar-refractivity contribution in [2.75, 3.05) is 0 Å². The topological polar surface area (TPSA) is 9.23 Å². The quantitative estimate of drug-likeness (QED) is 0.278. The number of hydrogen-bond acceptors (Lipinski definition) is 1.